The van der Waals surface area contributed by atoms with E-state index in [0.717, 1.165) is 27.8 Å². The number of rotatable bonds is 11. The minimum atomic E-state index is -0.372. The van der Waals surface area contributed by atoms with Crippen molar-refractivity contribution in [2.45, 2.75) is 32.3 Å². The second kappa shape index (κ2) is 9.94. The quantitative estimate of drug-likeness (QED) is 0.457. The third-order valence-corrected chi connectivity index (χ3v) is 3.92. The zero-order valence-electron chi connectivity index (χ0n) is 13.4. The molecule has 0 saturated heterocycles. The molecule has 1 aromatic carbocycles. The molecule has 4 heteroatoms. The van der Waals surface area contributed by atoms with Crippen LogP contribution in [0.1, 0.15) is 27.8 Å². The van der Waals surface area contributed by atoms with Crippen LogP contribution >= 0.6 is 8.69 Å². The first-order valence-electron chi connectivity index (χ1n) is 7.41. The van der Waals surface area contributed by atoms with Crippen molar-refractivity contribution in [1.29, 1.82) is 0 Å². The lowest BCUT2D eigenvalue weighted by Gasteiger charge is -2.22. The van der Waals surface area contributed by atoms with Crippen molar-refractivity contribution in [2.24, 2.45) is 0 Å². The Balaban J connectivity index is 3.75. The molecule has 1 N–H and O–H groups in total. The molecule has 3 nitrogen and oxygen atoms in total. The highest BCUT2D eigenvalue weighted by molar-refractivity contribution is 7.17. The van der Waals surface area contributed by atoms with Crippen LogP contribution in [0.3, 0.4) is 0 Å². The lowest BCUT2D eigenvalue weighted by molar-refractivity contribution is 0.329. The maximum absolute atomic E-state index is 10.8. The van der Waals surface area contributed by atoms with Crippen molar-refractivity contribution in [3.05, 3.63) is 78.4 Å². The molecular weight excluding hydrogens is 307 g/mol. The number of hydrogen-bond donors (Lipinski definition) is 1. The van der Waals surface area contributed by atoms with Crippen molar-refractivity contribution in [2.75, 3.05) is 0 Å². The lowest BCUT2D eigenvalue weighted by atomic mass is 9.85. The first kappa shape index (κ1) is 19.1. The zero-order valence-corrected chi connectivity index (χ0v) is 14.3. The summed E-state index contributed by atoms with van der Waals surface area (Å²) >= 11 is 0. The molecule has 0 aromatic heterocycles. The Kier molecular flexibility index (Phi) is 8.25. The topological polar surface area (TPSA) is 46.5 Å². The molecule has 1 rings (SSSR count). The average Bonchev–Trinajstić information content (AvgIpc) is 2.54. The van der Waals surface area contributed by atoms with E-state index >= 15 is 0 Å². The summed E-state index contributed by atoms with van der Waals surface area (Å²) < 4.78 is 15.9. The molecule has 1 aromatic rings. The van der Waals surface area contributed by atoms with Gasteiger partial charge in [-0.3, -0.25) is 4.52 Å². The molecule has 0 unspecified atom stereocenters. The minimum absolute atomic E-state index is 0.200. The molecule has 0 radical (unpaired) electrons. The van der Waals surface area contributed by atoms with Crippen molar-refractivity contribution < 1.29 is 14.2 Å². The van der Waals surface area contributed by atoms with E-state index in [4.69, 9.17) is 4.52 Å². The molecule has 0 bridgehead atoms. The Morgan fingerprint density at radius 1 is 0.783 bits per heavy atom. The highest BCUT2D eigenvalue weighted by Gasteiger charge is 2.21. The lowest BCUT2D eigenvalue weighted by Crippen LogP contribution is -2.09. The normalized spacial score (nSPS) is 10.4. The van der Waals surface area contributed by atoms with Crippen molar-refractivity contribution in [1.82, 2.24) is 0 Å². The SMILES string of the molecule is C=CCc1c(O)c(CC=C)c(CC=C)c(COP=O)c1CC=C. The predicted octanol–water partition coefficient (Wildman–Crippen LogP) is 5.03. The van der Waals surface area contributed by atoms with Gasteiger partial charge in [0.15, 0.2) is 0 Å². The monoisotopic (exact) mass is 330 g/mol. The van der Waals surface area contributed by atoms with Gasteiger partial charge in [-0.2, -0.15) is 0 Å². The van der Waals surface area contributed by atoms with Crippen LogP contribution in [0.25, 0.3) is 0 Å². The summed E-state index contributed by atoms with van der Waals surface area (Å²) in [4.78, 5) is 0. The maximum Gasteiger partial charge on any atom is 0.327 e. The van der Waals surface area contributed by atoms with E-state index in [-0.39, 0.29) is 21.0 Å². The molecule has 0 aliphatic rings. The molecule has 0 aliphatic heterocycles. The van der Waals surface area contributed by atoms with Gasteiger partial charge in [0.1, 0.15) is 5.75 Å². The zero-order chi connectivity index (χ0) is 17.2. The maximum atomic E-state index is 10.8. The summed E-state index contributed by atoms with van der Waals surface area (Å²) in [6.07, 6.45) is 9.32. The molecule has 23 heavy (non-hydrogen) atoms. The number of allylic oxidation sites excluding steroid dienone is 4. The molecule has 122 valence electrons. The van der Waals surface area contributed by atoms with Crippen LogP contribution in [0.4, 0.5) is 0 Å². The average molecular weight is 330 g/mol. The number of phenolic OH excluding ortho intramolecular Hbond substituents is 1. The van der Waals surface area contributed by atoms with Gasteiger partial charge in [-0.15, -0.1) is 26.3 Å². The number of phenols is 1. The smallest absolute Gasteiger partial charge is 0.327 e. The summed E-state index contributed by atoms with van der Waals surface area (Å²) in [6.45, 7) is 15.3. The summed E-state index contributed by atoms with van der Waals surface area (Å²) in [6, 6.07) is 0. The molecule has 0 heterocycles. The predicted molar refractivity (Wildman–Crippen MR) is 96.1 cm³/mol. The van der Waals surface area contributed by atoms with Crippen molar-refractivity contribution >= 4 is 8.69 Å². The Labute approximate surface area is 140 Å². The number of hydrogen-bond acceptors (Lipinski definition) is 3. The van der Waals surface area contributed by atoms with Gasteiger partial charge in [0.25, 0.3) is 0 Å². The highest BCUT2D eigenvalue weighted by atomic mass is 31.1. The fourth-order valence-electron chi connectivity index (χ4n) is 2.79. The van der Waals surface area contributed by atoms with Crippen molar-refractivity contribution in [3.63, 3.8) is 0 Å². The van der Waals surface area contributed by atoms with Crippen LogP contribution in [-0.2, 0) is 41.4 Å². The Morgan fingerprint density at radius 3 is 1.52 bits per heavy atom. The summed E-state index contributed by atoms with van der Waals surface area (Å²) in [7, 11) is -0.372. The Hall–Kier alpha value is -1.96. The first-order chi connectivity index (χ1) is 11.2. The van der Waals surface area contributed by atoms with Crippen LogP contribution in [-0.4, -0.2) is 5.11 Å². The molecule has 0 aliphatic carbocycles. The molecule has 0 spiro atoms. The Bertz CT molecular complexity index is 573. The molecule has 0 saturated carbocycles. The van der Waals surface area contributed by atoms with Crippen molar-refractivity contribution in [3.8, 4) is 5.75 Å². The van der Waals surface area contributed by atoms with E-state index in [1.807, 2.05) is 0 Å². The minimum Gasteiger partial charge on any atom is -0.507 e. The van der Waals surface area contributed by atoms with Gasteiger partial charge in [-0.25, -0.2) is 4.57 Å². The Morgan fingerprint density at radius 2 is 1.17 bits per heavy atom. The van der Waals surface area contributed by atoms with Gasteiger partial charge >= 0.3 is 8.69 Å². The van der Waals surface area contributed by atoms with Gasteiger partial charge in [-0.05, 0) is 42.4 Å². The van der Waals surface area contributed by atoms with E-state index in [2.05, 4.69) is 26.3 Å². The van der Waals surface area contributed by atoms with Crippen LogP contribution < -0.4 is 0 Å². The van der Waals surface area contributed by atoms with Crippen LogP contribution in [0.2, 0.25) is 0 Å². The first-order valence-corrected chi connectivity index (χ1v) is 8.14. The third kappa shape index (κ3) is 4.51. The van der Waals surface area contributed by atoms with E-state index in [9.17, 15) is 9.67 Å². The number of aromatic hydroxyl groups is 1. The van der Waals surface area contributed by atoms with Crippen LogP contribution in [0, 0.1) is 0 Å². The largest absolute Gasteiger partial charge is 0.507 e. The fraction of sp³-hybridized carbons (Fsp3) is 0.263. The molecule has 0 fully saturated rings. The van der Waals surface area contributed by atoms with Crippen LogP contribution in [0.5, 0.6) is 5.75 Å². The van der Waals surface area contributed by atoms with Gasteiger partial charge in [0.05, 0.1) is 6.61 Å². The van der Waals surface area contributed by atoms with E-state index < -0.39 is 0 Å². The van der Waals surface area contributed by atoms with E-state index in [0.29, 0.717) is 25.7 Å². The van der Waals surface area contributed by atoms with Gasteiger partial charge in [0, 0.05) is 11.1 Å². The molecule has 0 amide bonds. The second-order valence-corrected chi connectivity index (χ2v) is 5.47. The summed E-state index contributed by atoms with van der Waals surface area (Å²) in [5, 5.41) is 10.7. The van der Waals surface area contributed by atoms with Crippen LogP contribution in [0.15, 0.2) is 50.6 Å². The summed E-state index contributed by atoms with van der Waals surface area (Å²) in [5.41, 5.74) is 4.45. The van der Waals surface area contributed by atoms with E-state index in [1.165, 1.54) is 0 Å². The van der Waals surface area contributed by atoms with Gasteiger partial charge in [-0.1, -0.05) is 24.3 Å². The van der Waals surface area contributed by atoms with Gasteiger partial charge in [0.2, 0.25) is 0 Å². The highest BCUT2D eigenvalue weighted by Crippen LogP contribution is 2.36. The molecular formula is C19H23O3P. The second-order valence-electron chi connectivity index (χ2n) is 5.06. The third-order valence-electron chi connectivity index (χ3n) is 3.68. The fourth-order valence-corrected chi connectivity index (χ4v) is 2.97. The number of benzene rings is 1. The summed E-state index contributed by atoms with van der Waals surface area (Å²) in [5.74, 6) is 0.266. The van der Waals surface area contributed by atoms with Gasteiger partial charge < -0.3 is 5.11 Å². The van der Waals surface area contributed by atoms with E-state index in [1.54, 1.807) is 24.3 Å². The standard InChI is InChI=1S/C19H23O3P/c1-5-9-14-16(11-7-3)19(20)17(12-8-4)15(10-6-2)18(14)13-22-23-21/h5-8,20H,1-4,9-13H2. The molecule has 0 atom stereocenters.